The first kappa shape index (κ1) is 15.0. The Morgan fingerprint density at radius 2 is 1.95 bits per heavy atom. The van der Waals surface area contributed by atoms with Crippen molar-refractivity contribution in [2.24, 2.45) is 11.8 Å². The van der Waals surface area contributed by atoms with Crippen molar-refractivity contribution < 1.29 is 9.90 Å². The fraction of sp³-hybridized carbons (Fsp3) is 0.765. The standard InChI is InChI=1S/C17H25NO2S/c1-10(2)11-6-8-12(9-7-11)16-18-15-13(17(19)20)4-3-5-14(15)21-16/h10-13H,3-9H2,1-2H3,(H,19,20). The molecule has 4 heteroatoms. The Bertz CT molecular complexity index is 515. The molecule has 0 aliphatic heterocycles. The molecule has 0 saturated heterocycles. The highest BCUT2D eigenvalue weighted by Gasteiger charge is 2.32. The number of aliphatic carboxylic acids is 1. The maximum Gasteiger partial charge on any atom is 0.312 e. The van der Waals surface area contributed by atoms with Crippen LogP contribution in [0.15, 0.2) is 0 Å². The molecule has 1 aromatic heterocycles. The number of fused-ring (bicyclic) bond motifs is 1. The van der Waals surface area contributed by atoms with Crippen LogP contribution in [0.25, 0.3) is 0 Å². The van der Waals surface area contributed by atoms with E-state index >= 15 is 0 Å². The Labute approximate surface area is 130 Å². The third kappa shape index (κ3) is 3.01. The van der Waals surface area contributed by atoms with Gasteiger partial charge in [-0.05, 0) is 56.8 Å². The maximum absolute atomic E-state index is 11.4. The predicted molar refractivity (Wildman–Crippen MR) is 85.0 cm³/mol. The van der Waals surface area contributed by atoms with E-state index < -0.39 is 5.97 Å². The smallest absolute Gasteiger partial charge is 0.312 e. The molecule has 0 aromatic carbocycles. The van der Waals surface area contributed by atoms with Crippen molar-refractivity contribution in [1.29, 1.82) is 0 Å². The molecule has 1 N–H and O–H groups in total. The largest absolute Gasteiger partial charge is 0.481 e. The van der Waals surface area contributed by atoms with Gasteiger partial charge in [0.1, 0.15) is 0 Å². The van der Waals surface area contributed by atoms with Gasteiger partial charge < -0.3 is 5.11 Å². The van der Waals surface area contributed by atoms with E-state index in [9.17, 15) is 9.90 Å². The lowest BCUT2D eigenvalue weighted by Crippen LogP contribution is -2.18. The Morgan fingerprint density at radius 3 is 2.57 bits per heavy atom. The minimum absolute atomic E-state index is 0.356. The summed E-state index contributed by atoms with van der Waals surface area (Å²) >= 11 is 1.80. The van der Waals surface area contributed by atoms with Crippen LogP contribution in [0.2, 0.25) is 0 Å². The Kier molecular flexibility index (Phi) is 4.34. The Hall–Kier alpha value is -0.900. The van der Waals surface area contributed by atoms with E-state index in [1.807, 2.05) is 0 Å². The molecular formula is C17H25NO2S. The summed E-state index contributed by atoms with van der Waals surface area (Å²) in [5.41, 5.74) is 0.889. The van der Waals surface area contributed by atoms with Gasteiger partial charge in [0.15, 0.2) is 0 Å². The molecule has 1 aromatic rings. The molecule has 3 rings (SSSR count). The molecule has 1 atom stereocenters. The first-order valence-electron chi connectivity index (χ1n) is 8.28. The molecule has 1 heterocycles. The number of rotatable bonds is 3. The van der Waals surface area contributed by atoms with Gasteiger partial charge in [0, 0.05) is 10.8 Å². The monoisotopic (exact) mass is 307 g/mol. The van der Waals surface area contributed by atoms with Crippen LogP contribution >= 0.6 is 11.3 Å². The molecule has 2 aliphatic rings. The number of carboxylic acids is 1. The molecular weight excluding hydrogens is 282 g/mol. The molecule has 1 fully saturated rings. The average molecular weight is 307 g/mol. The van der Waals surface area contributed by atoms with Crippen LogP contribution in [0.3, 0.4) is 0 Å². The average Bonchev–Trinajstić information content (AvgIpc) is 2.90. The van der Waals surface area contributed by atoms with Crippen LogP contribution in [0.4, 0.5) is 0 Å². The topological polar surface area (TPSA) is 50.2 Å². The number of carboxylic acid groups (broad SMARTS) is 1. The van der Waals surface area contributed by atoms with Crippen LogP contribution in [0.5, 0.6) is 0 Å². The van der Waals surface area contributed by atoms with Gasteiger partial charge in [-0.3, -0.25) is 4.79 Å². The minimum Gasteiger partial charge on any atom is -0.481 e. The second kappa shape index (κ2) is 6.07. The summed E-state index contributed by atoms with van der Waals surface area (Å²) in [5.74, 6) is 1.17. The van der Waals surface area contributed by atoms with Crippen molar-refractivity contribution in [3.63, 3.8) is 0 Å². The van der Waals surface area contributed by atoms with Gasteiger partial charge in [-0.1, -0.05) is 13.8 Å². The molecule has 0 bridgehead atoms. The first-order valence-corrected chi connectivity index (χ1v) is 9.10. The van der Waals surface area contributed by atoms with Gasteiger partial charge in [0.2, 0.25) is 0 Å². The fourth-order valence-corrected chi connectivity index (χ4v) is 5.22. The lowest BCUT2D eigenvalue weighted by atomic mass is 9.77. The van der Waals surface area contributed by atoms with E-state index in [4.69, 9.17) is 4.98 Å². The molecule has 0 amide bonds. The molecule has 2 aliphatic carbocycles. The second-order valence-electron chi connectivity index (χ2n) is 7.00. The predicted octanol–water partition coefficient (Wildman–Crippen LogP) is 4.58. The third-order valence-corrected chi connectivity index (χ3v) is 6.63. The number of hydrogen-bond acceptors (Lipinski definition) is 3. The molecule has 0 radical (unpaired) electrons. The second-order valence-corrected chi connectivity index (χ2v) is 8.11. The van der Waals surface area contributed by atoms with Crippen molar-refractivity contribution in [2.75, 3.05) is 0 Å². The van der Waals surface area contributed by atoms with Gasteiger partial charge in [-0.25, -0.2) is 4.98 Å². The van der Waals surface area contributed by atoms with E-state index in [2.05, 4.69) is 13.8 Å². The first-order chi connectivity index (χ1) is 10.1. The van der Waals surface area contributed by atoms with E-state index in [-0.39, 0.29) is 5.92 Å². The fourth-order valence-electron chi connectivity index (χ4n) is 3.89. The highest BCUT2D eigenvalue weighted by atomic mass is 32.1. The number of aryl methyl sites for hydroxylation is 1. The lowest BCUT2D eigenvalue weighted by molar-refractivity contribution is -0.139. The van der Waals surface area contributed by atoms with Crippen molar-refractivity contribution in [1.82, 2.24) is 4.98 Å². The Balaban J connectivity index is 1.75. The summed E-state index contributed by atoms with van der Waals surface area (Å²) in [6.07, 6.45) is 7.83. The van der Waals surface area contributed by atoms with Gasteiger partial charge in [0.25, 0.3) is 0 Å². The summed E-state index contributed by atoms with van der Waals surface area (Å²) in [7, 11) is 0. The highest BCUT2D eigenvalue weighted by Crippen LogP contribution is 2.43. The van der Waals surface area contributed by atoms with E-state index in [1.165, 1.54) is 35.6 Å². The van der Waals surface area contributed by atoms with Crippen LogP contribution in [-0.2, 0) is 11.2 Å². The van der Waals surface area contributed by atoms with E-state index in [0.717, 1.165) is 36.8 Å². The van der Waals surface area contributed by atoms with Gasteiger partial charge >= 0.3 is 5.97 Å². The van der Waals surface area contributed by atoms with E-state index in [1.54, 1.807) is 11.3 Å². The summed E-state index contributed by atoms with van der Waals surface area (Å²) in [5, 5.41) is 10.6. The number of carbonyl (C=O) groups is 1. The van der Waals surface area contributed by atoms with Crippen LogP contribution in [0.1, 0.15) is 79.8 Å². The Morgan fingerprint density at radius 1 is 1.24 bits per heavy atom. The number of nitrogens with zero attached hydrogens (tertiary/aromatic N) is 1. The van der Waals surface area contributed by atoms with Crippen LogP contribution in [-0.4, -0.2) is 16.1 Å². The SMILES string of the molecule is CC(C)C1CCC(c2nc3c(s2)CCCC3C(=O)O)CC1. The van der Waals surface area contributed by atoms with Crippen molar-refractivity contribution in [3.05, 3.63) is 15.6 Å². The lowest BCUT2D eigenvalue weighted by Gasteiger charge is -2.29. The van der Waals surface area contributed by atoms with Crippen molar-refractivity contribution in [2.45, 2.75) is 70.6 Å². The van der Waals surface area contributed by atoms with E-state index in [0.29, 0.717) is 5.92 Å². The molecule has 1 saturated carbocycles. The summed E-state index contributed by atoms with van der Waals surface area (Å²) < 4.78 is 0. The molecule has 116 valence electrons. The van der Waals surface area contributed by atoms with Gasteiger partial charge in [0.05, 0.1) is 16.6 Å². The quantitative estimate of drug-likeness (QED) is 0.889. The van der Waals surface area contributed by atoms with Crippen molar-refractivity contribution >= 4 is 17.3 Å². The van der Waals surface area contributed by atoms with Crippen molar-refractivity contribution in [3.8, 4) is 0 Å². The molecule has 21 heavy (non-hydrogen) atoms. The minimum atomic E-state index is -0.698. The molecule has 0 spiro atoms. The molecule has 3 nitrogen and oxygen atoms in total. The maximum atomic E-state index is 11.4. The summed E-state index contributed by atoms with van der Waals surface area (Å²) in [6, 6.07) is 0. The third-order valence-electron chi connectivity index (χ3n) is 5.33. The number of thiazole rings is 1. The zero-order chi connectivity index (χ0) is 15.0. The van der Waals surface area contributed by atoms with Gasteiger partial charge in [-0.2, -0.15) is 0 Å². The normalized spacial score (nSPS) is 29.4. The summed E-state index contributed by atoms with van der Waals surface area (Å²) in [6.45, 7) is 4.65. The van der Waals surface area contributed by atoms with Crippen LogP contribution < -0.4 is 0 Å². The highest BCUT2D eigenvalue weighted by molar-refractivity contribution is 7.11. The molecule has 1 unspecified atom stereocenters. The number of hydrogen-bond donors (Lipinski definition) is 1. The zero-order valence-corrected chi connectivity index (χ0v) is 13.8. The number of aromatic nitrogens is 1. The van der Waals surface area contributed by atoms with Crippen LogP contribution in [0, 0.1) is 11.8 Å². The summed E-state index contributed by atoms with van der Waals surface area (Å²) in [4.78, 5) is 17.4. The zero-order valence-electron chi connectivity index (χ0n) is 13.0. The van der Waals surface area contributed by atoms with Gasteiger partial charge in [-0.15, -0.1) is 11.3 Å².